The van der Waals surface area contributed by atoms with Gasteiger partial charge >= 0.3 is 0 Å². The van der Waals surface area contributed by atoms with Gasteiger partial charge in [0.05, 0.1) is 12.0 Å². The Morgan fingerprint density at radius 1 is 1.56 bits per heavy atom. The van der Waals surface area contributed by atoms with Crippen molar-refractivity contribution >= 4 is 11.3 Å². The molecule has 2 heterocycles. The van der Waals surface area contributed by atoms with Crippen LogP contribution in [0.1, 0.15) is 29.3 Å². The summed E-state index contributed by atoms with van der Waals surface area (Å²) in [5.74, 6) is 0.459. The summed E-state index contributed by atoms with van der Waals surface area (Å²) in [4.78, 5) is 6.14. The van der Waals surface area contributed by atoms with Crippen molar-refractivity contribution in [1.29, 1.82) is 0 Å². The highest BCUT2D eigenvalue weighted by molar-refractivity contribution is 7.15. The number of nitrogens with two attached hydrogens (primary N) is 1. The minimum atomic E-state index is 0.459. The molecule has 0 spiro atoms. The monoisotopic (exact) mass is 234 g/mol. The topological polar surface area (TPSA) is 52.0 Å². The van der Waals surface area contributed by atoms with E-state index in [2.05, 4.69) is 0 Å². The van der Waals surface area contributed by atoms with Crippen LogP contribution in [0, 0.1) is 0 Å². The van der Waals surface area contributed by atoms with Crippen LogP contribution in [-0.4, -0.2) is 11.5 Å². The van der Waals surface area contributed by atoms with E-state index in [9.17, 15) is 0 Å². The third-order valence-corrected chi connectivity index (χ3v) is 4.30. The third-order valence-electron chi connectivity index (χ3n) is 3.12. The molecule has 2 aromatic rings. The summed E-state index contributed by atoms with van der Waals surface area (Å²) in [6.45, 7) is 0.710. The van der Waals surface area contributed by atoms with Crippen LogP contribution in [0.2, 0.25) is 0 Å². The second kappa shape index (κ2) is 4.03. The highest BCUT2D eigenvalue weighted by atomic mass is 32.1. The highest BCUT2D eigenvalue weighted by Gasteiger charge is 2.24. The van der Waals surface area contributed by atoms with E-state index in [1.807, 2.05) is 6.07 Å². The van der Waals surface area contributed by atoms with Gasteiger partial charge in [-0.3, -0.25) is 0 Å². The Morgan fingerprint density at radius 2 is 2.50 bits per heavy atom. The van der Waals surface area contributed by atoms with Gasteiger partial charge in [-0.05, 0) is 25.3 Å². The molecule has 4 heteroatoms. The van der Waals surface area contributed by atoms with Crippen molar-refractivity contribution in [3.63, 3.8) is 0 Å². The van der Waals surface area contributed by atoms with Gasteiger partial charge in [-0.1, -0.05) is 0 Å². The first kappa shape index (κ1) is 10.1. The fourth-order valence-electron chi connectivity index (χ4n) is 2.25. The Balaban J connectivity index is 2.02. The molecule has 0 saturated heterocycles. The van der Waals surface area contributed by atoms with Gasteiger partial charge in [0.2, 0.25) is 0 Å². The van der Waals surface area contributed by atoms with Crippen LogP contribution in [0.15, 0.2) is 23.0 Å². The molecule has 2 aromatic heterocycles. The second-order valence-electron chi connectivity index (χ2n) is 4.16. The van der Waals surface area contributed by atoms with Crippen LogP contribution >= 0.6 is 11.3 Å². The van der Waals surface area contributed by atoms with Gasteiger partial charge in [0.25, 0.3) is 0 Å². The lowest BCUT2D eigenvalue weighted by molar-refractivity contribution is 0.554. The predicted octanol–water partition coefficient (Wildman–Crippen LogP) is 2.78. The molecule has 0 radical (unpaired) electrons. The molecular weight excluding hydrogens is 220 g/mol. The highest BCUT2D eigenvalue weighted by Crippen LogP contribution is 2.37. The van der Waals surface area contributed by atoms with Gasteiger partial charge in [-0.25, -0.2) is 4.98 Å². The lowest BCUT2D eigenvalue weighted by atomic mass is 9.91. The number of hydrogen-bond acceptors (Lipinski definition) is 4. The van der Waals surface area contributed by atoms with E-state index < -0.39 is 0 Å². The van der Waals surface area contributed by atoms with Gasteiger partial charge in [-0.2, -0.15) is 0 Å². The zero-order valence-electron chi connectivity index (χ0n) is 8.98. The molecule has 16 heavy (non-hydrogen) atoms. The average Bonchev–Trinajstić information content (AvgIpc) is 2.96. The molecule has 0 aromatic carbocycles. The van der Waals surface area contributed by atoms with Gasteiger partial charge in [0.15, 0.2) is 0 Å². The third kappa shape index (κ3) is 1.58. The molecule has 1 aliphatic carbocycles. The van der Waals surface area contributed by atoms with Crippen LogP contribution in [0.3, 0.4) is 0 Å². The molecule has 1 atom stereocenters. The minimum absolute atomic E-state index is 0.459. The number of thiazole rings is 1. The molecule has 0 bridgehead atoms. The van der Waals surface area contributed by atoms with Gasteiger partial charge < -0.3 is 10.2 Å². The molecule has 0 amide bonds. The fraction of sp³-hybridized carbons (Fsp3) is 0.417. The van der Waals surface area contributed by atoms with E-state index in [4.69, 9.17) is 15.1 Å². The van der Waals surface area contributed by atoms with E-state index in [-0.39, 0.29) is 0 Å². The van der Waals surface area contributed by atoms with Crippen LogP contribution < -0.4 is 5.73 Å². The van der Waals surface area contributed by atoms with Crippen molar-refractivity contribution in [3.8, 4) is 10.6 Å². The molecule has 2 N–H and O–H groups in total. The van der Waals surface area contributed by atoms with Crippen molar-refractivity contribution in [2.75, 3.05) is 6.54 Å². The molecule has 1 unspecified atom stereocenters. The van der Waals surface area contributed by atoms with Gasteiger partial charge in [-0.15, -0.1) is 11.3 Å². The first-order valence-corrected chi connectivity index (χ1v) is 6.42. The Kier molecular flexibility index (Phi) is 2.53. The molecule has 0 aliphatic heterocycles. The van der Waals surface area contributed by atoms with Crippen molar-refractivity contribution in [3.05, 3.63) is 29.2 Å². The Labute approximate surface area is 98.3 Å². The average molecular weight is 234 g/mol. The molecule has 0 fully saturated rings. The number of aryl methyl sites for hydroxylation is 1. The number of nitrogens with zero attached hydrogens (tertiary/aromatic N) is 1. The van der Waals surface area contributed by atoms with E-state index in [1.165, 1.54) is 23.4 Å². The lowest BCUT2D eigenvalue weighted by Crippen LogP contribution is -2.17. The minimum Gasteiger partial charge on any atom is -0.472 e. The Hall–Kier alpha value is -1.13. The maximum atomic E-state index is 5.79. The number of aromatic nitrogens is 1. The summed E-state index contributed by atoms with van der Waals surface area (Å²) in [6.07, 6.45) is 7.01. The first-order valence-electron chi connectivity index (χ1n) is 5.60. The summed E-state index contributed by atoms with van der Waals surface area (Å²) in [7, 11) is 0. The van der Waals surface area contributed by atoms with Crippen LogP contribution in [0.25, 0.3) is 10.6 Å². The fourth-order valence-corrected chi connectivity index (χ4v) is 3.42. The first-order chi connectivity index (χ1) is 7.88. The largest absolute Gasteiger partial charge is 0.472 e. The van der Waals surface area contributed by atoms with E-state index in [1.54, 1.807) is 23.9 Å². The molecule has 84 valence electrons. The summed E-state index contributed by atoms with van der Waals surface area (Å²) in [5, 5.41) is 1.07. The zero-order chi connectivity index (χ0) is 11.0. The molecule has 0 saturated carbocycles. The summed E-state index contributed by atoms with van der Waals surface area (Å²) in [6, 6.07) is 1.96. The second-order valence-corrected chi connectivity index (χ2v) is 5.25. The number of fused-ring (bicyclic) bond motifs is 1. The number of hydrogen-bond donors (Lipinski definition) is 1. The summed E-state index contributed by atoms with van der Waals surface area (Å²) in [5.41, 5.74) is 8.10. The Bertz CT molecular complexity index is 475. The van der Waals surface area contributed by atoms with Crippen molar-refractivity contribution in [1.82, 2.24) is 4.98 Å². The Morgan fingerprint density at radius 3 is 3.25 bits per heavy atom. The smallest absolute Gasteiger partial charge is 0.127 e. The molecular formula is C12H14N2OS. The van der Waals surface area contributed by atoms with E-state index >= 15 is 0 Å². The maximum absolute atomic E-state index is 5.79. The number of rotatable bonds is 2. The normalized spacial score (nSPS) is 19.7. The maximum Gasteiger partial charge on any atom is 0.127 e. The number of furan rings is 1. The molecule has 3 nitrogen and oxygen atoms in total. The lowest BCUT2D eigenvalue weighted by Gasteiger charge is -2.18. The van der Waals surface area contributed by atoms with E-state index in [0.29, 0.717) is 12.5 Å². The summed E-state index contributed by atoms with van der Waals surface area (Å²) >= 11 is 1.79. The molecule has 1 aliphatic rings. The standard InChI is InChI=1S/C12H14N2OS/c13-6-8-2-1-3-10-11(8)14-12(16-10)9-4-5-15-7-9/h4-5,7-8H,1-3,6,13H2. The van der Waals surface area contributed by atoms with Gasteiger partial charge in [0, 0.05) is 22.9 Å². The van der Waals surface area contributed by atoms with Crippen LogP contribution in [0.5, 0.6) is 0 Å². The quantitative estimate of drug-likeness (QED) is 0.869. The zero-order valence-corrected chi connectivity index (χ0v) is 9.80. The molecule has 3 rings (SSSR count). The van der Waals surface area contributed by atoms with E-state index in [0.717, 1.165) is 17.0 Å². The SMILES string of the molecule is NCC1CCCc2sc(-c3ccoc3)nc21. The van der Waals surface area contributed by atoms with Crippen molar-refractivity contribution in [2.24, 2.45) is 5.73 Å². The van der Waals surface area contributed by atoms with Crippen molar-refractivity contribution in [2.45, 2.75) is 25.2 Å². The summed E-state index contributed by atoms with van der Waals surface area (Å²) < 4.78 is 5.10. The predicted molar refractivity (Wildman–Crippen MR) is 64.5 cm³/mol. The van der Waals surface area contributed by atoms with Crippen LogP contribution in [-0.2, 0) is 6.42 Å². The van der Waals surface area contributed by atoms with Crippen LogP contribution in [0.4, 0.5) is 0 Å². The van der Waals surface area contributed by atoms with Crippen molar-refractivity contribution < 1.29 is 4.42 Å². The van der Waals surface area contributed by atoms with Gasteiger partial charge in [0.1, 0.15) is 11.3 Å².